The summed E-state index contributed by atoms with van der Waals surface area (Å²) in [6.45, 7) is 4.44. The van der Waals surface area contributed by atoms with Gasteiger partial charge in [-0.1, -0.05) is 135 Å². The second-order valence-corrected chi connectivity index (χ2v) is 14.0. The molecule has 238 valence electrons. The molecule has 0 saturated heterocycles. The molecule has 2 aliphatic carbocycles. The van der Waals surface area contributed by atoms with Gasteiger partial charge in [-0.15, -0.1) is 0 Å². The molecule has 10 rings (SSSR count). The van der Waals surface area contributed by atoms with Crippen LogP contribution < -0.4 is 4.90 Å². The van der Waals surface area contributed by atoms with E-state index in [4.69, 9.17) is 0 Å². The van der Waals surface area contributed by atoms with Crippen molar-refractivity contribution < 1.29 is 4.39 Å². The molecule has 0 radical (unpaired) electrons. The number of hydrogen-bond acceptors (Lipinski definition) is 1. The molecule has 0 amide bonds. The summed E-state index contributed by atoms with van der Waals surface area (Å²) in [6, 6.07) is 58.5. The fourth-order valence-corrected chi connectivity index (χ4v) is 8.95. The Labute approximate surface area is 291 Å². The summed E-state index contributed by atoms with van der Waals surface area (Å²) in [6.07, 6.45) is 0. The lowest BCUT2D eigenvalue weighted by atomic mass is 9.70. The Morgan fingerprint density at radius 2 is 1.02 bits per heavy atom. The molecule has 0 N–H and O–H groups in total. The van der Waals surface area contributed by atoms with E-state index in [1.165, 1.54) is 66.2 Å². The van der Waals surface area contributed by atoms with Crippen LogP contribution in [0.25, 0.3) is 43.8 Å². The van der Waals surface area contributed by atoms with E-state index in [2.05, 4.69) is 158 Å². The zero-order chi connectivity index (χ0) is 33.6. The van der Waals surface area contributed by atoms with Gasteiger partial charge in [0.25, 0.3) is 0 Å². The summed E-state index contributed by atoms with van der Waals surface area (Å²) in [5.41, 5.74) is 14.2. The fraction of sp³-hybridized carbons (Fsp3) is 0.0833. The van der Waals surface area contributed by atoms with E-state index in [9.17, 15) is 4.39 Å². The molecule has 8 aromatic carbocycles. The predicted octanol–water partition coefficient (Wildman–Crippen LogP) is 13.1. The molecule has 0 aliphatic heterocycles. The first-order valence-corrected chi connectivity index (χ1v) is 17.5. The molecule has 0 unspecified atom stereocenters. The molecule has 1 spiro atoms. The van der Waals surface area contributed by atoms with Gasteiger partial charge in [0.05, 0.1) is 11.1 Å². The van der Waals surface area contributed by atoms with Crippen molar-refractivity contribution in [2.75, 3.05) is 4.90 Å². The lowest BCUT2D eigenvalue weighted by molar-refractivity contribution is 0.628. The third-order valence-electron chi connectivity index (χ3n) is 11.1. The summed E-state index contributed by atoms with van der Waals surface area (Å²) in [7, 11) is 0. The molecular formula is C48H34FN. The van der Waals surface area contributed by atoms with Gasteiger partial charge in [0.1, 0.15) is 5.82 Å². The fourth-order valence-electron chi connectivity index (χ4n) is 8.95. The topological polar surface area (TPSA) is 3.24 Å². The maximum atomic E-state index is 14.5. The maximum Gasteiger partial charge on any atom is 0.123 e. The van der Waals surface area contributed by atoms with E-state index < -0.39 is 5.41 Å². The quantitative estimate of drug-likeness (QED) is 0.184. The number of nitrogens with zero attached hydrogens (tertiary/aromatic N) is 1. The smallest absolute Gasteiger partial charge is 0.123 e. The first kappa shape index (κ1) is 29.0. The highest BCUT2D eigenvalue weighted by atomic mass is 19.1. The van der Waals surface area contributed by atoms with E-state index in [0.717, 1.165) is 22.4 Å². The summed E-state index contributed by atoms with van der Waals surface area (Å²) in [4.78, 5) is 2.31. The molecule has 0 fully saturated rings. The van der Waals surface area contributed by atoms with Gasteiger partial charge in [-0.3, -0.25) is 0 Å². The Morgan fingerprint density at radius 3 is 1.68 bits per heavy atom. The van der Waals surface area contributed by atoms with Crippen LogP contribution in [0.1, 0.15) is 47.6 Å². The third-order valence-corrected chi connectivity index (χ3v) is 11.1. The van der Waals surface area contributed by atoms with Crippen LogP contribution in [0.4, 0.5) is 21.5 Å². The summed E-state index contributed by atoms with van der Waals surface area (Å²) in [5.74, 6) is 0.169. The highest BCUT2D eigenvalue weighted by Crippen LogP contribution is 2.65. The number of hydrogen-bond donors (Lipinski definition) is 0. The van der Waals surface area contributed by atoms with Gasteiger partial charge in [-0.05, 0) is 115 Å². The van der Waals surface area contributed by atoms with Crippen LogP contribution in [-0.2, 0) is 5.41 Å². The third kappa shape index (κ3) is 3.88. The molecule has 2 heteroatoms. The van der Waals surface area contributed by atoms with Gasteiger partial charge < -0.3 is 4.90 Å². The minimum atomic E-state index is -0.517. The molecule has 0 bridgehead atoms. The predicted molar refractivity (Wildman–Crippen MR) is 206 cm³/mol. The Kier molecular flexibility index (Phi) is 6.23. The first-order chi connectivity index (χ1) is 24.6. The van der Waals surface area contributed by atoms with Crippen LogP contribution in [-0.4, -0.2) is 0 Å². The summed E-state index contributed by atoms with van der Waals surface area (Å²) < 4.78 is 14.5. The van der Waals surface area contributed by atoms with Crippen LogP contribution >= 0.6 is 0 Å². The standard InChI is InChI=1S/C48H34FN/c1-30(2)31-19-24-34(25-20-31)50(35-26-22-33(49)23-27-35)45-29-44-47(40-16-6-5-15-39(40)45)46-36-12-4-3-11-32(36)21-28-43(46)48(44)41-17-9-7-13-37(41)38-14-8-10-18-42(38)48/h3-30H,1-2H3. The van der Waals surface area contributed by atoms with Crippen LogP contribution in [0.5, 0.6) is 0 Å². The first-order valence-electron chi connectivity index (χ1n) is 17.5. The van der Waals surface area contributed by atoms with Crippen LogP contribution in [0.3, 0.4) is 0 Å². The summed E-state index contributed by atoms with van der Waals surface area (Å²) >= 11 is 0. The zero-order valence-electron chi connectivity index (χ0n) is 28.0. The van der Waals surface area contributed by atoms with Crippen LogP contribution in [0.15, 0.2) is 164 Å². The lowest BCUT2D eigenvalue weighted by Gasteiger charge is -2.33. The van der Waals surface area contributed by atoms with Crippen molar-refractivity contribution in [1.29, 1.82) is 0 Å². The lowest BCUT2D eigenvalue weighted by Crippen LogP contribution is -2.26. The van der Waals surface area contributed by atoms with Gasteiger partial charge in [0.2, 0.25) is 0 Å². The molecule has 1 nitrogen and oxygen atoms in total. The van der Waals surface area contributed by atoms with Gasteiger partial charge in [-0.2, -0.15) is 0 Å². The van der Waals surface area contributed by atoms with Crippen molar-refractivity contribution >= 4 is 38.6 Å². The Morgan fingerprint density at radius 1 is 0.480 bits per heavy atom. The molecule has 8 aromatic rings. The molecule has 0 aromatic heterocycles. The van der Waals surface area contributed by atoms with Crippen LogP contribution in [0.2, 0.25) is 0 Å². The monoisotopic (exact) mass is 643 g/mol. The van der Waals surface area contributed by atoms with Gasteiger partial charge in [0, 0.05) is 16.8 Å². The number of fused-ring (bicyclic) bond motifs is 14. The van der Waals surface area contributed by atoms with Gasteiger partial charge in [0.15, 0.2) is 0 Å². The molecule has 50 heavy (non-hydrogen) atoms. The maximum absolute atomic E-state index is 14.5. The normalized spacial score (nSPS) is 13.4. The average molecular weight is 644 g/mol. The number of anilines is 3. The van der Waals surface area contributed by atoms with E-state index in [1.807, 2.05) is 12.1 Å². The van der Waals surface area contributed by atoms with Crippen molar-refractivity contribution in [3.05, 3.63) is 197 Å². The van der Waals surface area contributed by atoms with Crippen molar-refractivity contribution in [2.24, 2.45) is 0 Å². The second-order valence-electron chi connectivity index (χ2n) is 14.0. The van der Waals surface area contributed by atoms with E-state index >= 15 is 0 Å². The largest absolute Gasteiger partial charge is 0.310 e. The summed E-state index contributed by atoms with van der Waals surface area (Å²) in [5, 5.41) is 4.86. The van der Waals surface area contributed by atoms with E-state index in [0.29, 0.717) is 5.92 Å². The average Bonchev–Trinajstić information content (AvgIpc) is 3.63. The van der Waals surface area contributed by atoms with Gasteiger partial charge >= 0.3 is 0 Å². The molecule has 0 heterocycles. The minimum Gasteiger partial charge on any atom is -0.310 e. The van der Waals surface area contributed by atoms with Crippen molar-refractivity contribution in [1.82, 2.24) is 0 Å². The molecular weight excluding hydrogens is 610 g/mol. The van der Waals surface area contributed by atoms with Crippen LogP contribution in [0, 0.1) is 5.82 Å². The highest BCUT2D eigenvalue weighted by molar-refractivity contribution is 6.16. The molecule has 0 saturated carbocycles. The van der Waals surface area contributed by atoms with Crippen molar-refractivity contribution in [3.63, 3.8) is 0 Å². The number of halogens is 1. The highest BCUT2D eigenvalue weighted by Gasteiger charge is 2.52. The Bertz CT molecular complexity index is 2590. The van der Waals surface area contributed by atoms with E-state index in [-0.39, 0.29) is 5.82 Å². The van der Waals surface area contributed by atoms with Gasteiger partial charge in [-0.25, -0.2) is 4.39 Å². The molecule has 0 atom stereocenters. The zero-order valence-corrected chi connectivity index (χ0v) is 28.0. The Balaban J connectivity index is 1.38. The Hall–Kier alpha value is -5.99. The molecule has 2 aliphatic rings. The number of benzene rings is 8. The SMILES string of the molecule is CC(C)c1ccc(N(c2ccc(F)cc2)c2cc3c(c4ccccc24)-c2c(ccc4ccccc24)C32c3ccccc3-c3ccccc32)cc1. The van der Waals surface area contributed by atoms with E-state index in [1.54, 1.807) is 12.1 Å². The minimum absolute atomic E-state index is 0.247. The number of rotatable bonds is 4. The van der Waals surface area contributed by atoms with Crippen molar-refractivity contribution in [3.8, 4) is 22.3 Å². The second kappa shape index (κ2) is 10.8. The van der Waals surface area contributed by atoms with Crippen molar-refractivity contribution in [2.45, 2.75) is 25.2 Å².